The number of nitrogens with one attached hydrogen (secondary N) is 1. The van der Waals surface area contributed by atoms with Gasteiger partial charge in [0.2, 0.25) is 0 Å². The molecule has 0 heterocycles. The Morgan fingerprint density at radius 3 is 2.26 bits per heavy atom. The monoisotopic (exact) mass is 387 g/mol. The van der Waals surface area contributed by atoms with Gasteiger partial charge in [0, 0.05) is 0 Å². The Balaban J connectivity index is 1.96. The van der Waals surface area contributed by atoms with Crippen LogP contribution in [0.2, 0.25) is 0 Å². The molecular weight excluding hydrogens is 362 g/mol. The summed E-state index contributed by atoms with van der Waals surface area (Å²) < 4.78 is 5.83. The van der Waals surface area contributed by atoms with Crippen LogP contribution in [-0.2, 0) is 0 Å². The van der Waals surface area contributed by atoms with Crippen molar-refractivity contribution in [3.63, 3.8) is 0 Å². The molecule has 1 amide bonds. The molecule has 144 valence electrons. The summed E-state index contributed by atoms with van der Waals surface area (Å²) in [6, 6.07) is 13.8. The second kappa shape index (κ2) is 11.4. The van der Waals surface area contributed by atoms with Crippen LogP contribution in [0.15, 0.2) is 48.5 Å². The van der Waals surface area contributed by atoms with E-state index in [-0.39, 0.29) is 11.5 Å². The van der Waals surface area contributed by atoms with E-state index in [9.17, 15) is 9.59 Å². The molecule has 0 aliphatic heterocycles. The lowest BCUT2D eigenvalue weighted by Gasteiger charge is -2.13. The van der Waals surface area contributed by atoms with Gasteiger partial charge in [-0.2, -0.15) is 0 Å². The van der Waals surface area contributed by atoms with Gasteiger partial charge in [0.25, 0.3) is 11.1 Å². The number of carbonyl (C=O) groups is 2. The van der Waals surface area contributed by atoms with E-state index in [2.05, 4.69) is 12.2 Å². The van der Waals surface area contributed by atoms with Crippen LogP contribution in [0.4, 0.5) is 5.69 Å². The molecule has 0 aromatic heterocycles. The van der Waals surface area contributed by atoms with Crippen LogP contribution in [0, 0.1) is 0 Å². The Bertz CT molecular complexity index is 761. The fraction of sp³-hybridized carbons (Fsp3) is 0.364. The van der Waals surface area contributed by atoms with E-state index >= 15 is 0 Å². The number of amides is 1. The Kier molecular flexibility index (Phi) is 8.85. The second-order valence-electron chi connectivity index (χ2n) is 6.39. The first-order valence-electron chi connectivity index (χ1n) is 9.45. The van der Waals surface area contributed by atoms with Crippen LogP contribution in [-0.4, -0.2) is 17.8 Å². The number of halogens is 1. The van der Waals surface area contributed by atoms with Crippen molar-refractivity contribution in [2.75, 3.05) is 11.9 Å². The Morgan fingerprint density at radius 2 is 1.52 bits per heavy atom. The molecule has 0 saturated carbocycles. The number of hydrogen-bond acceptors (Lipinski definition) is 3. The summed E-state index contributed by atoms with van der Waals surface area (Å²) in [5, 5.41) is 2.14. The van der Waals surface area contributed by atoms with Crippen LogP contribution in [0.5, 0.6) is 5.75 Å². The van der Waals surface area contributed by atoms with Crippen LogP contribution in [0.3, 0.4) is 0 Å². The Labute approximate surface area is 165 Å². The highest BCUT2D eigenvalue weighted by molar-refractivity contribution is 6.68. The second-order valence-corrected chi connectivity index (χ2v) is 6.73. The number of unbranched alkanes of at least 4 members (excludes halogenated alkanes) is 5. The molecule has 0 aliphatic carbocycles. The molecule has 4 nitrogen and oxygen atoms in total. The summed E-state index contributed by atoms with van der Waals surface area (Å²) in [5.41, 5.74) is 1.08. The lowest BCUT2D eigenvalue weighted by Crippen LogP contribution is -2.15. The van der Waals surface area contributed by atoms with E-state index in [0.29, 0.717) is 23.6 Å². The van der Waals surface area contributed by atoms with Gasteiger partial charge in [-0.3, -0.25) is 9.59 Å². The van der Waals surface area contributed by atoms with Crippen LogP contribution in [0.25, 0.3) is 0 Å². The number of para-hydroxylation sites is 2. The molecule has 27 heavy (non-hydrogen) atoms. The predicted molar refractivity (Wildman–Crippen MR) is 110 cm³/mol. The highest BCUT2D eigenvalue weighted by Crippen LogP contribution is 2.22. The molecule has 0 aliphatic rings. The zero-order chi connectivity index (χ0) is 19.5. The molecule has 0 unspecified atom stereocenters. The predicted octanol–water partition coefficient (Wildman–Crippen LogP) is 6.06. The van der Waals surface area contributed by atoms with Crippen LogP contribution < -0.4 is 10.1 Å². The summed E-state index contributed by atoms with van der Waals surface area (Å²) in [5.74, 6) is 0.206. The number of anilines is 1. The number of carbonyl (C=O) groups excluding carboxylic acids is 2. The third-order valence-electron chi connectivity index (χ3n) is 4.27. The van der Waals surface area contributed by atoms with Crippen molar-refractivity contribution in [2.24, 2.45) is 0 Å². The zero-order valence-corrected chi connectivity index (χ0v) is 16.4. The van der Waals surface area contributed by atoms with Gasteiger partial charge >= 0.3 is 0 Å². The maximum atomic E-state index is 12.7. The Hall–Kier alpha value is -2.33. The summed E-state index contributed by atoms with van der Waals surface area (Å²) in [4.78, 5) is 24.2. The van der Waals surface area contributed by atoms with Gasteiger partial charge in [-0.1, -0.05) is 63.3 Å². The fourth-order valence-corrected chi connectivity index (χ4v) is 2.96. The van der Waals surface area contributed by atoms with Gasteiger partial charge in [-0.15, -0.1) is 0 Å². The van der Waals surface area contributed by atoms with E-state index in [1.54, 1.807) is 42.5 Å². The highest BCUT2D eigenvalue weighted by Gasteiger charge is 2.15. The molecule has 2 aromatic rings. The highest BCUT2D eigenvalue weighted by atomic mass is 35.5. The largest absolute Gasteiger partial charge is 0.493 e. The third-order valence-corrected chi connectivity index (χ3v) is 4.48. The number of rotatable bonds is 11. The van der Waals surface area contributed by atoms with Gasteiger partial charge in [0.1, 0.15) is 5.75 Å². The van der Waals surface area contributed by atoms with Crippen molar-refractivity contribution in [1.82, 2.24) is 0 Å². The number of ether oxygens (including phenoxy) is 1. The molecular formula is C22H26ClNO3. The lowest BCUT2D eigenvalue weighted by molar-refractivity contribution is 0.102. The average Bonchev–Trinajstić information content (AvgIpc) is 2.68. The van der Waals surface area contributed by atoms with E-state index in [0.717, 1.165) is 12.8 Å². The first-order chi connectivity index (χ1) is 13.1. The molecule has 2 aromatic carbocycles. The van der Waals surface area contributed by atoms with E-state index in [4.69, 9.17) is 16.3 Å². The normalized spacial score (nSPS) is 10.4. The Morgan fingerprint density at radius 1 is 0.889 bits per heavy atom. The van der Waals surface area contributed by atoms with E-state index in [1.165, 1.54) is 25.7 Å². The quantitative estimate of drug-likeness (QED) is 0.376. The van der Waals surface area contributed by atoms with Crippen LogP contribution in [0.1, 0.15) is 66.2 Å². The maximum Gasteiger partial charge on any atom is 0.259 e. The summed E-state index contributed by atoms with van der Waals surface area (Å²) in [7, 11) is 0. The average molecular weight is 388 g/mol. The van der Waals surface area contributed by atoms with E-state index in [1.807, 2.05) is 6.07 Å². The molecule has 2 rings (SSSR count). The maximum absolute atomic E-state index is 12.7. The topological polar surface area (TPSA) is 55.4 Å². The fourth-order valence-electron chi connectivity index (χ4n) is 2.80. The minimum atomic E-state index is -0.612. The van der Waals surface area contributed by atoms with Crippen molar-refractivity contribution < 1.29 is 14.3 Å². The molecule has 5 heteroatoms. The molecule has 0 radical (unpaired) electrons. The molecule has 0 fully saturated rings. The lowest BCUT2D eigenvalue weighted by atomic mass is 10.1. The first-order valence-corrected chi connectivity index (χ1v) is 9.83. The zero-order valence-electron chi connectivity index (χ0n) is 15.7. The molecule has 0 spiro atoms. The summed E-state index contributed by atoms with van der Waals surface area (Å²) in [6.07, 6.45) is 7.06. The minimum Gasteiger partial charge on any atom is -0.493 e. The summed E-state index contributed by atoms with van der Waals surface area (Å²) >= 11 is 5.58. The van der Waals surface area contributed by atoms with Gasteiger partial charge < -0.3 is 10.1 Å². The van der Waals surface area contributed by atoms with Crippen molar-refractivity contribution in [2.45, 2.75) is 45.4 Å². The summed E-state index contributed by atoms with van der Waals surface area (Å²) in [6.45, 7) is 2.78. The van der Waals surface area contributed by atoms with Gasteiger partial charge in [0.15, 0.2) is 0 Å². The molecule has 0 bridgehead atoms. The van der Waals surface area contributed by atoms with Crippen molar-refractivity contribution in [1.29, 1.82) is 0 Å². The van der Waals surface area contributed by atoms with Gasteiger partial charge in [-0.25, -0.2) is 0 Å². The van der Waals surface area contributed by atoms with E-state index < -0.39 is 5.24 Å². The van der Waals surface area contributed by atoms with Crippen molar-refractivity contribution in [3.8, 4) is 5.75 Å². The van der Waals surface area contributed by atoms with Crippen LogP contribution >= 0.6 is 11.6 Å². The minimum absolute atomic E-state index is 0.262. The molecule has 0 atom stereocenters. The van der Waals surface area contributed by atoms with Crippen molar-refractivity contribution >= 4 is 28.4 Å². The van der Waals surface area contributed by atoms with Gasteiger partial charge in [0.05, 0.1) is 23.4 Å². The standard InChI is InChI=1S/C22H26ClNO3/c1-2-3-4-5-6-11-16-27-20-15-10-8-13-18(20)22(26)24-19-14-9-7-12-17(19)21(23)25/h7-10,12-15H,2-6,11,16H2,1H3,(H,24,26). The molecule has 1 N–H and O–H groups in total. The smallest absolute Gasteiger partial charge is 0.259 e. The molecule has 0 saturated heterocycles. The van der Waals surface area contributed by atoms with Crippen molar-refractivity contribution in [3.05, 3.63) is 59.7 Å². The third kappa shape index (κ3) is 6.72. The first kappa shape index (κ1) is 21.0. The number of hydrogen-bond donors (Lipinski definition) is 1. The number of benzene rings is 2. The van der Waals surface area contributed by atoms with Gasteiger partial charge in [-0.05, 0) is 42.3 Å². The SMILES string of the molecule is CCCCCCCCOc1ccccc1C(=O)Nc1ccccc1C(=O)Cl.